The van der Waals surface area contributed by atoms with Crippen LogP contribution in [0.2, 0.25) is 0 Å². The second-order valence-corrected chi connectivity index (χ2v) is 3.38. The molecular weight excluding hydrogens is 186 g/mol. The number of hydrogen-bond acceptors (Lipinski definition) is 3. The van der Waals surface area contributed by atoms with Gasteiger partial charge in [0.05, 0.1) is 0 Å². The Morgan fingerprint density at radius 2 is 2.00 bits per heavy atom. The first-order valence-electron chi connectivity index (χ1n) is 4.83. The molecule has 76 valence electrons. The monoisotopic (exact) mass is 199 g/mol. The first-order chi connectivity index (χ1) is 7.38. The van der Waals surface area contributed by atoms with E-state index in [-0.39, 0.29) is 0 Å². The average Bonchev–Trinajstić information content (AvgIpc) is 2.31. The number of aromatic nitrogens is 1. The molecule has 0 radical (unpaired) electrons. The third-order valence-electron chi connectivity index (χ3n) is 2.22. The van der Waals surface area contributed by atoms with Crippen molar-refractivity contribution in [1.82, 2.24) is 4.98 Å². The van der Waals surface area contributed by atoms with Gasteiger partial charge in [0.25, 0.3) is 0 Å². The predicted molar refractivity (Wildman–Crippen MR) is 61.3 cm³/mol. The molecule has 0 amide bonds. The fourth-order valence-electron chi connectivity index (χ4n) is 1.51. The van der Waals surface area contributed by atoms with E-state index in [1.54, 1.807) is 6.20 Å². The molecule has 0 aliphatic heterocycles. The van der Waals surface area contributed by atoms with Gasteiger partial charge in [-0.2, -0.15) is 0 Å². The lowest BCUT2D eigenvalue weighted by molar-refractivity contribution is 1.14. The molecule has 1 aromatic carbocycles. The van der Waals surface area contributed by atoms with Gasteiger partial charge >= 0.3 is 0 Å². The van der Waals surface area contributed by atoms with Crippen molar-refractivity contribution < 1.29 is 0 Å². The van der Waals surface area contributed by atoms with E-state index in [1.807, 2.05) is 30.5 Å². The molecule has 3 heteroatoms. The van der Waals surface area contributed by atoms with Crippen molar-refractivity contribution in [3.63, 3.8) is 0 Å². The van der Waals surface area contributed by atoms with Crippen molar-refractivity contribution in [2.24, 2.45) is 5.84 Å². The smallest absolute Gasteiger partial charge is 0.0487 e. The van der Waals surface area contributed by atoms with E-state index in [9.17, 15) is 0 Å². The van der Waals surface area contributed by atoms with Crippen LogP contribution in [0.5, 0.6) is 0 Å². The fraction of sp³-hybridized carbons (Fsp3) is 0.0833. The molecule has 1 heterocycles. The Morgan fingerprint density at radius 1 is 1.13 bits per heavy atom. The Bertz CT molecular complexity index is 426. The third-order valence-corrected chi connectivity index (χ3v) is 2.22. The number of hydrazine groups is 1. The summed E-state index contributed by atoms with van der Waals surface area (Å²) in [6.45, 7) is 0. The van der Waals surface area contributed by atoms with E-state index in [4.69, 9.17) is 5.84 Å². The van der Waals surface area contributed by atoms with Gasteiger partial charge in [-0.05, 0) is 35.7 Å². The number of nitrogen functional groups attached to an aromatic ring is 1. The maximum absolute atomic E-state index is 5.35. The van der Waals surface area contributed by atoms with Crippen molar-refractivity contribution in [2.45, 2.75) is 6.42 Å². The number of nitrogens with zero attached hydrogens (tertiary/aromatic N) is 1. The molecule has 0 bridgehead atoms. The third kappa shape index (κ3) is 2.54. The SMILES string of the molecule is NNc1cccc(Cc2cccnc2)c1. The van der Waals surface area contributed by atoms with Gasteiger partial charge in [-0.25, -0.2) is 0 Å². The number of hydrogen-bond donors (Lipinski definition) is 2. The molecule has 3 N–H and O–H groups in total. The highest BCUT2D eigenvalue weighted by atomic mass is 15.2. The summed E-state index contributed by atoms with van der Waals surface area (Å²) >= 11 is 0. The highest BCUT2D eigenvalue weighted by molar-refractivity contribution is 5.45. The fourth-order valence-corrected chi connectivity index (χ4v) is 1.51. The largest absolute Gasteiger partial charge is 0.324 e. The zero-order chi connectivity index (χ0) is 10.5. The van der Waals surface area contributed by atoms with Crippen LogP contribution in [-0.2, 0) is 6.42 Å². The van der Waals surface area contributed by atoms with Crippen LogP contribution in [0.15, 0.2) is 48.8 Å². The number of rotatable bonds is 3. The molecule has 15 heavy (non-hydrogen) atoms. The van der Waals surface area contributed by atoms with Crippen molar-refractivity contribution in [1.29, 1.82) is 0 Å². The van der Waals surface area contributed by atoms with E-state index in [0.717, 1.165) is 12.1 Å². The van der Waals surface area contributed by atoms with Crippen molar-refractivity contribution >= 4 is 5.69 Å². The normalized spacial score (nSPS) is 9.93. The topological polar surface area (TPSA) is 50.9 Å². The van der Waals surface area contributed by atoms with Crippen LogP contribution in [0.1, 0.15) is 11.1 Å². The number of pyridine rings is 1. The lowest BCUT2D eigenvalue weighted by Gasteiger charge is -2.04. The zero-order valence-electron chi connectivity index (χ0n) is 8.35. The predicted octanol–water partition coefficient (Wildman–Crippen LogP) is 1.96. The molecule has 0 atom stereocenters. The van der Waals surface area contributed by atoms with E-state index < -0.39 is 0 Å². The van der Waals surface area contributed by atoms with E-state index in [1.165, 1.54) is 11.1 Å². The minimum atomic E-state index is 0.878. The summed E-state index contributed by atoms with van der Waals surface area (Å²) in [5.74, 6) is 5.35. The molecule has 0 unspecified atom stereocenters. The number of nitrogens with two attached hydrogens (primary N) is 1. The number of anilines is 1. The second-order valence-electron chi connectivity index (χ2n) is 3.38. The minimum absolute atomic E-state index is 0.878. The first kappa shape index (κ1) is 9.68. The summed E-state index contributed by atoms with van der Waals surface area (Å²) in [7, 11) is 0. The standard InChI is InChI=1S/C12H13N3/c13-15-12-5-1-3-10(8-12)7-11-4-2-6-14-9-11/h1-6,8-9,15H,7,13H2. The Hall–Kier alpha value is -1.87. The molecule has 2 rings (SSSR count). The summed E-state index contributed by atoms with van der Waals surface area (Å²) in [6.07, 6.45) is 4.53. The van der Waals surface area contributed by atoms with Crippen LogP contribution in [-0.4, -0.2) is 4.98 Å². The molecule has 0 aliphatic rings. The number of nitrogens with one attached hydrogen (secondary N) is 1. The van der Waals surface area contributed by atoms with Crippen LogP contribution in [0.4, 0.5) is 5.69 Å². The van der Waals surface area contributed by atoms with Gasteiger partial charge in [-0.3, -0.25) is 10.8 Å². The molecular formula is C12H13N3. The van der Waals surface area contributed by atoms with E-state index in [0.29, 0.717) is 0 Å². The Balaban J connectivity index is 2.17. The van der Waals surface area contributed by atoms with Gasteiger partial charge in [0.15, 0.2) is 0 Å². The van der Waals surface area contributed by atoms with Gasteiger partial charge in [-0.1, -0.05) is 18.2 Å². The highest BCUT2D eigenvalue weighted by Crippen LogP contribution is 2.12. The Labute approximate surface area is 88.9 Å². The van der Waals surface area contributed by atoms with Gasteiger partial charge in [0.2, 0.25) is 0 Å². The summed E-state index contributed by atoms with van der Waals surface area (Å²) in [5, 5.41) is 0. The quantitative estimate of drug-likeness (QED) is 0.587. The highest BCUT2D eigenvalue weighted by Gasteiger charge is 1.96. The van der Waals surface area contributed by atoms with Gasteiger partial charge in [0.1, 0.15) is 0 Å². The van der Waals surface area contributed by atoms with Crippen LogP contribution >= 0.6 is 0 Å². The summed E-state index contributed by atoms with van der Waals surface area (Å²) in [5.41, 5.74) is 5.99. The van der Waals surface area contributed by atoms with E-state index >= 15 is 0 Å². The lowest BCUT2D eigenvalue weighted by atomic mass is 10.1. The zero-order valence-corrected chi connectivity index (χ0v) is 8.35. The van der Waals surface area contributed by atoms with Gasteiger partial charge < -0.3 is 5.43 Å². The molecule has 0 aliphatic carbocycles. The van der Waals surface area contributed by atoms with Gasteiger partial charge in [-0.15, -0.1) is 0 Å². The molecule has 2 aromatic rings. The van der Waals surface area contributed by atoms with Crippen molar-refractivity contribution in [2.75, 3.05) is 5.43 Å². The van der Waals surface area contributed by atoms with Crippen LogP contribution in [0.25, 0.3) is 0 Å². The first-order valence-corrected chi connectivity index (χ1v) is 4.83. The summed E-state index contributed by atoms with van der Waals surface area (Å²) < 4.78 is 0. The maximum Gasteiger partial charge on any atom is 0.0487 e. The van der Waals surface area contributed by atoms with Crippen molar-refractivity contribution in [3.8, 4) is 0 Å². The summed E-state index contributed by atoms with van der Waals surface area (Å²) in [4.78, 5) is 4.08. The van der Waals surface area contributed by atoms with Crippen LogP contribution in [0, 0.1) is 0 Å². The maximum atomic E-state index is 5.35. The average molecular weight is 199 g/mol. The second kappa shape index (κ2) is 4.57. The lowest BCUT2D eigenvalue weighted by Crippen LogP contribution is -2.06. The van der Waals surface area contributed by atoms with E-state index in [2.05, 4.69) is 22.5 Å². The Kier molecular flexibility index (Phi) is 2.95. The summed E-state index contributed by atoms with van der Waals surface area (Å²) in [6, 6.07) is 12.0. The molecule has 0 fully saturated rings. The minimum Gasteiger partial charge on any atom is -0.324 e. The molecule has 0 saturated carbocycles. The molecule has 0 saturated heterocycles. The van der Waals surface area contributed by atoms with Crippen molar-refractivity contribution in [3.05, 3.63) is 59.9 Å². The molecule has 0 spiro atoms. The van der Waals surface area contributed by atoms with Crippen LogP contribution in [0.3, 0.4) is 0 Å². The molecule has 3 nitrogen and oxygen atoms in total. The molecule has 1 aromatic heterocycles. The van der Waals surface area contributed by atoms with Gasteiger partial charge in [0, 0.05) is 18.1 Å². The number of benzene rings is 1. The van der Waals surface area contributed by atoms with Crippen LogP contribution < -0.4 is 11.3 Å². The Morgan fingerprint density at radius 3 is 2.73 bits per heavy atom.